The molecule has 1 N–H and O–H groups in total. The number of anilines is 2. The Bertz CT molecular complexity index is 1040. The van der Waals surface area contributed by atoms with E-state index in [0.717, 1.165) is 31.4 Å². The average molecular weight is 390 g/mol. The van der Waals surface area contributed by atoms with E-state index in [1.807, 2.05) is 24.3 Å². The molecule has 4 rings (SSSR count). The molecule has 0 bridgehead atoms. The molecule has 7 nitrogen and oxygen atoms in total. The lowest BCUT2D eigenvalue weighted by Crippen LogP contribution is -2.33. The van der Waals surface area contributed by atoms with E-state index in [2.05, 4.69) is 15.2 Å². The second kappa shape index (κ2) is 8.26. The molecule has 29 heavy (non-hydrogen) atoms. The van der Waals surface area contributed by atoms with E-state index >= 15 is 0 Å². The van der Waals surface area contributed by atoms with Crippen LogP contribution in [0.15, 0.2) is 48.5 Å². The number of hydrogen-bond acceptors (Lipinski definition) is 6. The molecular weight excluding hydrogens is 368 g/mol. The van der Waals surface area contributed by atoms with Crippen LogP contribution >= 0.6 is 0 Å². The molecule has 1 aliphatic rings. The Morgan fingerprint density at radius 2 is 1.59 bits per heavy atom. The van der Waals surface area contributed by atoms with Crippen LogP contribution < -0.4 is 10.2 Å². The number of nitrogens with one attached hydrogen (secondary N) is 1. The molecule has 0 saturated carbocycles. The topological polar surface area (TPSA) is 84.4 Å². The molecule has 1 fully saturated rings. The van der Waals surface area contributed by atoms with Crippen molar-refractivity contribution in [3.63, 3.8) is 0 Å². The number of methoxy groups -OCH3 is 1. The number of fused-ring (bicyclic) bond motifs is 1. The van der Waals surface area contributed by atoms with Gasteiger partial charge in [0, 0.05) is 18.8 Å². The molecule has 0 radical (unpaired) electrons. The minimum atomic E-state index is -0.421. The number of amides is 1. The number of rotatable bonds is 4. The molecule has 3 aromatic rings. The van der Waals surface area contributed by atoms with E-state index in [1.165, 1.54) is 13.5 Å². The Labute approximate surface area is 168 Å². The summed E-state index contributed by atoms with van der Waals surface area (Å²) in [5, 5.41) is 2.87. The minimum Gasteiger partial charge on any atom is -0.465 e. The van der Waals surface area contributed by atoms with Crippen molar-refractivity contribution in [2.24, 2.45) is 0 Å². The molecule has 0 spiro atoms. The monoisotopic (exact) mass is 390 g/mol. The van der Waals surface area contributed by atoms with E-state index in [-0.39, 0.29) is 5.91 Å². The molecule has 7 heteroatoms. The van der Waals surface area contributed by atoms with Gasteiger partial charge < -0.3 is 15.0 Å². The van der Waals surface area contributed by atoms with E-state index in [1.54, 1.807) is 24.3 Å². The normalized spacial score (nSPS) is 13.9. The zero-order chi connectivity index (χ0) is 20.2. The van der Waals surface area contributed by atoms with E-state index in [4.69, 9.17) is 9.72 Å². The van der Waals surface area contributed by atoms with Gasteiger partial charge in [0.25, 0.3) is 5.91 Å². The van der Waals surface area contributed by atoms with E-state index in [0.29, 0.717) is 28.3 Å². The molecule has 148 valence electrons. The second-order valence-corrected chi connectivity index (χ2v) is 6.96. The van der Waals surface area contributed by atoms with Crippen LogP contribution in [-0.2, 0) is 4.74 Å². The SMILES string of the molecule is COC(=O)c1ccc(NC(=O)c2nc3ccccc3nc2N2CCCCC2)cc1. The van der Waals surface area contributed by atoms with Crippen LogP contribution in [0.5, 0.6) is 0 Å². The highest BCUT2D eigenvalue weighted by Crippen LogP contribution is 2.25. The maximum Gasteiger partial charge on any atom is 0.337 e. The van der Waals surface area contributed by atoms with Gasteiger partial charge >= 0.3 is 5.97 Å². The zero-order valence-electron chi connectivity index (χ0n) is 16.2. The first-order chi connectivity index (χ1) is 14.2. The number of carbonyl (C=O) groups is 2. The van der Waals surface area contributed by atoms with Gasteiger partial charge in [-0.05, 0) is 55.7 Å². The number of aromatic nitrogens is 2. The summed E-state index contributed by atoms with van der Waals surface area (Å²) in [6.07, 6.45) is 3.33. The van der Waals surface area contributed by atoms with Crippen molar-refractivity contribution in [3.05, 3.63) is 59.8 Å². The fourth-order valence-electron chi connectivity index (χ4n) is 3.47. The van der Waals surface area contributed by atoms with Gasteiger partial charge in [-0.2, -0.15) is 0 Å². The third-order valence-electron chi connectivity index (χ3n) is 4.99. The van der Waals surface area contributed by atoms with Gasteiger partial charge in [0.1, 0.15) is 0 Å². The number of piperidine rings is 1. The molecule has 1 amide bonds. The van der Waals surface area contributed by atoms with Gasteiger partial charge in [-0.3, -0.25) is 4.79 Å². The minimum absolute atomic E-state index is 0.308. The zero-order valence-corrected chi connectivity index (χ0v) is 16.2. The second-order valence-electron chi connectivity index (χ2n) is 6.96. The number of carbonyl (C=O) groups excluding carboxylic acids is 2. The predicted octanol–water partition coefficient (Wildman–Crippen LogP) is 3.66. The summed E-state index contributed by atoms with van der Waals surface area (Å²) in [5.41, 5.74) is 2.75. The Kier molecular flexibility index (Phi) is 5.37. The summed E-state index contributed by atoms with van der Waals surface area (Å²) < 4.78 is 4.70. The first-order valence-electron chi connectivity index (χ1n) is 9.67. The van der Waals surface area contributed by atoms with Crippen molar-refractivity contribution >= 4 is 34.4 Å². The molecule has 0 unspecified atom stereocenters. The number of para-hydroxylation sites is 2. The molecule has 2 aromatic carbocycles. The average Bonchev–Trinajstić information content (AvgIpc) is 2.78. The molecule has 1 saturated heterocycles. The first-order valence-corrected chi connectivity index (χ1v) is 9.67. The van der Waals surface area contributed by atoms with Crippen LogP contribution in [0.3, 0.4) is 0 Å². The number of ether oxygens (including phenoxy) is 1. The Hall–Kier alpha value is -3.48. The lowest BCUT2D eigenvalue weighted by molar-refractivity contribution is 0.0600. The Balaban J connectivity index is 1.65. The van der Waals surface area contributed by atoms with Crippen molar-refractivity contribution in [3.8, 4) is 0 Å². The van der Waals surface area contributed by atoms with E-state index < -0.39 is 5.97 Å². The van der Waals surface area contributed by atoms with Crippen LogP contribution in [0.25, 0.3) is 11.0 Å². The highest BCUT2D eigenvalue weighted by atomic mass is 16.5. The van der Waals surface area contributed by atoms with Crippen LogP contribution in [0.4, 0.5) is 11.5 Å². The highest BCUT2D eigenvalue weighted by molar-refractivity contribution is 6.07. The largest absolute Gasteiger partial charge is 0.465 e. The summed E-state index contributed by atoms with van der Waals surface area (Å²) in [6, 6.07) is 14.1. The number of benzene rings is 2. The fraction of sp³-hybridized carbons (Fsp3) is 0.273. The first kappa shape index (κ1) is 18.9. The van der Waals surface area contributed by atoms with Crippen LogP contribution in [0.2, 0.25) is 0 Å². The van der Waals surface area contributed by atoms with E-state index in [9.17, 15) is 9.59 Å². The Morgan fingerprint density at radius 3 is 2.24 bits per heavy atom. The van der Waals surface area contributed by atoms with Crippen LogP contribution in [0.1, 0.15) is 40.1 Å². The summed E-state index contributed by atoms with van der Waals surface area (Å²) in [7, 11) is 1.33. The standard InChI is InChI=1S/C22H22N4O3/c1-29-22(28)15-9-11-16(12-10-15)23-21(27)19-20(26-13-5-2-6-14-26)25-18-8-4-3-7-17(18)24-19/h3-4,7-12H,2,5-6,13-14H2,1H3,(H,23,27). The van der Waals surface area contributed by atoms with Crippen LogP contribution in [-0.4, -0.2) is 42.0 Å². The summed E-state index contributed by atoms with van der Waals surface area (Å²) >= 11 is 0. The van der Waals surface area contributed by atoms with Gasteiger partial charge in [0.05, 0.1) is 23.7 Å². The van der Waals surface area contributed by atoms with Crippen molar-refractivity contribution in [2.45, 2.75) is 19.3 Å². The number of nitrogens with zero attached hydrogens (tertiary/aromatic N) is 3. The van der Waals surface area contributed by atoms with Crippen molar-refractivity contribution in [1.82, 2.24) is 9.97 Å². The van der Waals surface area contributed by atoms with Gasteiger partial charge in [0.2, 0.25) is 0 Å². The fourth-order valence-corrected chi connectivity index (χ4v) is 3.47. The van der Waals surface area contributed by atoms with Gasteiger partial charge in [-0.1, -0.05) is 12.1 Å². The quantitative estimate of drug-likeness (QED) is 0.685. The summed E-state index contributed by atoms with van der Waals surface area (Å²) in [6.45, 7) is 1.72. The smallest absolute Gasteiger partial charge is 0.337 e. The maximum absolute atomic E-state index is 13.1. The van der Waals surface area contributed by atoms with Gasteiger partial charge in [-0.15, -0.1) is 0 Å². The lowest BCUT2D eigenvalue weighted by Gasteiger charge is -2.29. The third kappa shape index (κ3) is 4.03. The molecule has 1 aliphatic heterocycles. The highest BCUT2D eigenvalue weighted by Gasteiger charge is 2.23. The Morgan fingerprint density at radius 1 is 0.931 bits per heavy atom. The van der Waals surface area contributed by atoms with Gasteiger partial charge in [-0.25, -0.2) is 14.8 Å². The number of hydrogen-bond donors (Lipinski definition) is 1. The number of esters is 1. The summed E-state index contributed by atoms with van der Waals surface area (Å²) in [5.74, 6) is -0.127. The maximum atomic E-state index is 13.1. The van der Waals surface area contributed by atoms with Gasteiger partial charge in [0.15, 0.2) is 11.5 Å². The predicted molar refractivity (Wildman–Crippen MR) is 111 cm³/mol. The van der Waals surface area contributed by atoms with Crippen LogP contribution in [0, 0.1) is 0 Å². The van der Waals surface area contributed by atoms with Crippen molar-refractivity contribution < 1.29 is 14.3 Å². The molecule has 0 atom stereocenters. The molecular formula is C22H22N4O3. The van der Waals surface area contributed by atoms with Crippen molar-refractivity contribution in [2.75, 3.05) is 30.4 Å². The molecule has 2 heterocycles. The molecule has 1 aromatic heterocycles. The lowest BCUT2D eigenvalue weighted by atomic mass is 10.1. The summed E-state index contributed by atoms with van der Waals surface area (Å²) in [4.78, 5) is 36.1. The van der Waals surface area contributed by atoms with Crippen molar-refractivity contribution in [1.29, 1.82) is 0 Å². The molecule has 0 aliphatic carbocycles. The third-order valence-corrected chi connectivity index (χ3v) is 4.99.